The van der Waals surface area contributed by atoms with Gasteiger partial charge in [-0.15, -0.1) is 0 Å². The van der Waals surface area contributed by atoms with Crippen LogP contribution >= 0.6 is 0 Å². The van der Waals surface area contributed by atoms with E-state index in [4.69, 9.17) is 4.74 Å². The molecule has 3 rings (SSSR count). The predicted molar refractivity (Wildman–Crippen MR) is 91.0 cm³/mol. The maximum absolute atomic E-state index is 12.7. The molecule has 3 atom stereocenters. The zero-order valence-corrected chi connectivity index (χ0v) is 14.3. The molecule has 0 amide bonds. The molecule has 0 radical (unpaired) electrons. The summed E-state index contributed by atoms with van der Waals surface area (Å²) in [7, 11) is -3.59. The van der Waals surface area contributed by atoms with Gasteiger partial charge in [0.1, 0.15) is 0 Å². The predicted octanol–water partition coefficient (Wildman–Crippen LogP) is 1.95. The maximum atomic E-state index is 12.7. The standard InChI is InChI=1S/C18H21NO4S/c1-14-7-9-16(10-8-14)24(21,22)19-17(11-20)18(19)13-23-12-15-5-3-2-4-6-15/h2-10,17-18,20H,11-13H2,1H3/t17-,18+,19?/m0/s1. The summed E-state index contributed by atoms with van der Waals surface area (Å²) in [5.74, 6) is 0. The second-order valence-corrected chi connectivity index (χ2v) is 7.81. The lowest BCUT2D eigenvalue weighted by molar-refractivity contribution is 0.117. The van der Waals surface area contributed by atoms with Crippen molar-refractivity contribution in [3.63, 3.8) is 0 Å². The molecule has 1 heterocycles. The van der Waals surface area contributed by atoms with Gasteiger partial charge in [-0.2, -0.15) is 4.31 Å². The molecule has 128 valence electrons. The molecule has 1 aliphatic heterocycles. The van der Waals surface area contributed by atoms with Crippen molar-refractivity contribution >= 4 is 10.0 Å². The summed E-state index contributed by atoms with van der Waals surface area (Å²) in [6.45, 7) is 2.40. The maximum Gasteiger partial charge on any atom is 0.243 e. The van der Waals surface area contributed by atoms with Gasteiger partial charge in [0.15, 0.2) is 0 Å². The van der Waals surface area contributed by atoms with Gasteiger partial charge in [-0.3, -0.25) is 0 Å². The zero-order valence-electron chi connectivity index (χ0n) is 13.5. The van der Waals surface area contributed by atoms with Crippen molar-refractivity contribution in [3.8, 4) is 0 Å². The minimum atomic E-state index is -3.59. The molecule has 1 N–H and O–H groups in total. The Morgan fingerprint density at radius 3 is 2.33 bits per heavy atom. The first-order valence-electron chi connectivity index (χ1n) is 7.87. The minimum Gasteiger partial charge on any atom is -0.395 e. The van der Waals surface area contributed by atoms with E-state index in [0.29, 0.717) is 6.61 Å². The highest BCUT2D eigenvalue weighted by molar-refractivity contribution is 7.89. The summed E-state index contributed by atoms with van der Waals surface area (Å²) in [5, 5.41) is 9.46. The minimum absolute atomic E-state index is 0.204. The van der Waals surface area contributed by atoms with Crippen molar-refractivity contribution in [1.29, 1.82) is 0 Å². The molecule has 0 aliphatic carbocycles. The average molecular weight is 347 g/mol. The van der Waals surface area contributed by atoms with Crippen LogP contribution in [0, 0.1) is 6.92 Å². The van der Waals surface area contributed by atoms with Gasteiger partial charge in [0.05, 0.1) is 36.8 Å². The fraction of sp³-hybridized carbons (Fsp3) is 0.333. The number of nitrogens with zero attached hydrogens (tertiary/aromatic N) is 1. The number of aryl methyl sites for hydroxylation is 1. The number of hydrogen-bond acceptors (Lipinski definition) is 4. The molecule has 2 aromatic rings. The Morgan fingerprint density at radius 2 is 1.71 bits per heavy atom. The lowest BCUT2D eigenvalue weighted by Crippen LogP contribution is -2.18. The first-order chi connectivity index (χ1) is 11.5. The molecule has 6 heteroatoms. The van der Waals surface area contributed by atoms with E-state index in [2.05, 4.69) is 0 Å². The van der Waals surface area contributed by atoms with Crippen molar-refractivity contribution in [1.82, 2.24) is 4.31 Å². The van der Waals surface area contributed by atoms with Gasteiger partial charge in [-0.05, 0) is 24.6 Å². The number of aliphatic hydroxyl groups excluding tert-OH is 1. The summed E-state index contributed by atoms with van der Waals surface area (Å²) in [5.41, 5.74) is 2.04. The highest BCUT2D eigenvalue weighted by Gasteiger charge is 2.55. The fourth-order valence-corrected chi connectivity index (χ4v) is 4.55. The van der Waals surface area contributed by atoms with Crippen molar-refractivity contribution in [2.45, 2.75) is 30.5 Å². The SMILES string of the molecule is Cc1ccc(S(=O)(=O)N2[C@H](COCc3ccccc3)[C@@H]2CO)cc1. The van der Waals surface area contributed by atoms with Gasteiger partial charge in [-0.1, -0.05) is 48.0 Å². The summed E-state index contributed by atoms with van der Waals surface area (Å²) in [6, 6.07) is 15.7. The second-order valence-electron chi connectivity index (χ2n) is 5.97. The Bertz CT molecular complexity index is 774. The van der Waals surface area contributed by atoms with E-state index in [1.807, 2.05) is 37.3 Å². The molecule has 1 fully saturated rings. The van der Waals surface area contributed by atoms with Crippen LogP contribution in [0.15, 0.2) is 59.5 Å². The lowest BCUT2D eigenvalue weighted by Gasteiger charge is -2.08. The van der Waals surface area contributed by atoms with Crippen LogP contribution in [-0.2, 0) is 21.4 Å². The summed E-state index contributed by atoms with van der Waals surface area (Å²) < 4.78 is 32.3. The fourth-order valence-electron chi connectivity index (χ4n) is 2.76. The third-order valence-electron chi connectivity index (χ3n) is 4.19. The molecule has 24 heavy (non-hydrogen) atoms. The molecule has 1 aliphatic rings. The van der Waals surface area contributed by atoms with Crippen LogP contribution in [0.2, 0.25) is 0 Å². The third kappa shape index (κ3) is 3.52. The van der Waals surface area contributed by atoms with Gasteiger partial charge in [0, 0.05) is 0 Å². The third-order valence-corrected chi connectivity index (χ3v) is 6.16. The van der Waals surface area contributed by atoms with E-state index >= 15 is 0 Å². The van der Waals surface area contributed by atoms with E-state index in [0.717, 1.165) is 11.1 Å². The molecule has 1 unspecified atom stereocenters. The normalized spacial score (nSPS) is 23.2. The quantitative estimate of drug-likeness (QED) is 0.778. The number of aliphatic hydroxyl groups is 1. The molecular formula is C18H21NO4S. The van der Waals surface area contributed by atoms with Crippen LogP contribution in [0.3, 0.4) is 0 Å². The Labute approximate surface area is 142 Å². The summed E-state index contributed by atoms with van der Waals surface area (Å²) in [6.07, 6.45) is 0. The number of rotatable bonds is 7. The van der Waals surface area contributed by atoms with E-state index in [1.165, 1.54) is 4.31 Å². The van der Waals surface area contributed by atoms with Gasteiger partial charge >= 0.3 is 0 Å². The van der Waals surface area contributed by atoms with Gasteiger partial charge < -0.3 is 9.84 Å². The van der Waals surface area contributed by atoms with Crippen LogP contribution in [0.4, 0.5) is 0 Å². The highest BCUT2D eigenvalue weighted by Crippen LogP contribution is 2.36. The van der Waals surface area contributed by atoms with E-state index in [1.54, 1.807) is 24.3 Å². The zero-order chi connectivity index (χ0) is 17.2. The number of benzene rings is 2. The number of hydrogen-bond donors (Lipinski definition) is 1. The number of ether oxygens (including phenoxy) is 1. The molecule has 0 bridgehead atoms. The molecular weight excluding hydrogens is 326 g/mol. The molecule has 2 aromatic carbocycles. The Morgan fingerprint density at radius 1 is 1.04 bits per heavy atom. The van der Waals surface area contributed by atoms with Gasteiger partial charge in [0.2, 0.25) is 10.0 Å². The summed E-state index contributed by atoms with van der Waals surface area (Å²) >= 11 is 0. The highest BCUT2D eigenvalue weighted by atomic mass is 32.2. The van der Waals surface area contributed by atoms with Gasteiger partial charge in [0.25, 0.3) is 0 Å². The Kier molecular flexibility index (Phi) is 5.01. The van der Waals surface area contributed by atoms with Gasteiger partial charge in [-0.25, -0.2) is 8.42 Å². The Hall–Kier alpha value is -1.73. The molecule has 0 spiro atoms. The van der Waals surface area contributed by atoms with E-state index in [-0.39, 0.29) is 24.2 Å². The smallest absolute Gasteiger partial charge is 0.243 e. The molecule has 0 aromatic heterocycles. The summed E-state index contributed by atoms with van der Waals surface area (Å²) in [4.78, 5) is 0.247. The van der Waals surface area contributed by atoms with Crippen molar-refractivity contribution in [3.05, 3.63) is 65.7 Å². The van der Waals surface area contributed by atoms with Crippen molar-refractivity contribution < 1.29 is 18.3 Å². The topological polar surface area (TPSA) is 66.6 Å². The van der Waals surface area contributed by atoms with Crippen LogP contribution in [0.5, 0.6) is 0 Å². The van der Waals surface area contributed by atoms with Crippen LogP contribution < -0.4 is 0 Å². The number of sulfonamides is 1. The molecule has 0 saturated carbocycles. The van der Waals surface area contributed by atoms with Crippen molar-refractivity contribution in [2.75, 3.05) is 13.2 Å². The first-order valence-corrected chi connectivity index (χ1v) is 9.31. The van der Waals surface area contributed by atoms with Crippen LogP contribution in [0.25, 0.3) is 0 Å². The molecule has 5 nitrogen and oxygen atoms in total. The molecule has 1 saturated heterocycles. The second kappa shape index (κ2) is 7.03. The lowest BCUT2D eigenvalue weighted by atomic mass is 10.2. The van der Waals surface area contributed by atoms with E-state index < -0.39 is 16.1 Å². The monoisotopic (exact) mass is 347 g/mol. The average Bonchev–Trinajstić information content (AvgIpc) is 3.30. The van der Waals surface area contributed by atoms with Crippen LogP contribution in [-0.4, -0.2) is 43.1 Å². The Balaban J connectivity index is 1.64. The first kappa shape index (κ1) is 17.1. The van der Waals surface area contributed by atoms with Crippen molar-refractivity contribution in [2.24, 2.45) is 0 Å². The largest absolute Gasteiger partial charge is 0.395 e. The van der Waals surface area contributed by atoms with Crippen LogP contribution in [0.1, 0.15) is 11.1 Å². The van der Waals surface area contributed by atoms with E-state index in [9.17, 15) is 13.5 Å².